The molecular formula is C11H16F3N3O. The second-order valence-electron chi connectivity index (χ2n) is 4.43. The van der Waals surface area contributed by atoms with Crippen LogP contribution in [0.2, 0.25) is 0 Å². The van der Waals surface area contributed by atoms with E-state index in [9.17, 15) is 13.2 Å². The SMILES string of the molecule is FC(F)(F)COCCn1cnc(CNC2CC2)c1. The van der Waals surface area contributed by atoms with Gasteiger partial charge in [-0.25, -0.2) is 4.98 Å². The molecular weight excluding hydrogens is 247 g/mol. The predicted octanol–water partition coefficient (Wildman–Crippen LogP) is 1.71. The van der Waals surface area contributed by atoms with E-state index in [4.69, 9.17) is 0 Å². The van der Waals surface area contributed by atoms with Crippen LogP contribution in [-0.2, 0) is 17.8 Å². The maximum absolute atomic E-state index is 11.8. The van der Waals surface area contributed by atoms with Gasteiger partial charge in [0.2, 0.25) is 0 Å². The van der Waals surface area contributed by atoms with Crippen molar-refractivity contribution >= 4 is 0 Å². The molecule has 4 nitrogen and oxygen atoms in total. The summed E-state index contributed by atoms with van der Waals surface area (Å²) in [5.74, 6) is 0. The monoisotopic (exact) mass is 263 g/mol. The minimum absolute atomic E-state index is 0.0331. The van der Waals surface area contributed by atoms with Crippen molar-refractivity contribution in [2.75, 3.05) is 13.2 Å². The van der Waals surface area contributed by atoms with Gasteiger partial charge in [-0.1, -0.05) is 0 Å². The predicted molar refractivity (Wildman–Crippen MR) is 59.0 cm³/mol. The van der Waals surface area contributed by atoms with E-state index in [1.165, 1.54) is 12.8 Å². The number of rotatable bonds is 7. The molecule has 1 aromatic rings. The summed E-state index contributed by atoms with van der Waals surface area (Å²) < 4.78 is 41.7. The summed E-state index contributed by atoms with van der Waals surface area (Å²) in [5.41, 5.74) is 0.901. The van der Waals surface area contributed by atoms with Crippen molar-refractivity contribution < 1.29 is 17.9 Å². The van der Waals surface area contributed by atoms with Crippen molar-refractivity contribution in [3.05, 3.63) is 18.2 Å². The van der Waals surface area contributed by atoms with E-state index in [0.717, 1.165) is 5.69 Å². The van der Waals surface area contributed by atoms with Crippen LogP contribution in [0.4, 0.5) is 13.2 Å². The average Bonchev–Trinajstić information content (AvgIpc) is 3.00. The Morgan fingerprint density at radius 3 is 2.89 bits per heavy atom. The molecule has 1 aliphatic rings. The van der Waals surface area contributed by atoms with E-state index < -0.39 is 12.8 Å². The zero-order chi connectivity index (χ0) is 13.0. The molecule has 1 saturated carbocycles. The van der Waals surface area contributed by atoms with Crippen LogP contribution in [0.25, 0.3) is 0 Å². The molecule has 7 heteroatoms. The molecule has 2 rings (SSSR count). The molecule has 1 fully saturated rings. The van der Waals surface area contributed by atoms with Crippen molar-refractivity contribution in [1.82, 2.24) is 14.9 Å². The van der Waals surface area contributed by atoms with Gasteiger partial charge in [0.25, 0.3) is 0 Å². The first-order valence-electron chi connectivity index (χ1n) is 5.91. The topological polar surface area (TPSA) is 39.1 Å². The van der Waals surface area contributed by atoms with Crippen molar-refractivity contribution in [3.63, 3.8) is 0 Å². The third kappa shape index (κ3) is 5.05. The normalized spacial score (nSPS) is 16.2. The number of halogens is 3. The molecule has 0 saturated heterocycles. The van der Waals surface area contributed by atoms with Gasteiger partial charge in [-0.15, -0.1) is 0 Å². The lowest BCUT2D eigenvalue weighted by Crippen LogP contribution is -2.18. The molecule has 0 aromatic carbocycles. The van der Waals surface area contributed by atoms with E-state index in [0.29, 0.717) is 19.1 Å². The van der Waals surface area contributed by atoms with Gasteiger partial charge >= 0.3 is 6.18 Å². The molecule has 0 radical (unpaired) electrons. The minimum atomic E-state index is -4.26. The lowest BCUT2D eigenvalue weighted by Gasteiger charge is -2.07. The Morgan fingerprint density at radius 2 is 2.22 bits per heavy atom. The number of hydrogen-bond acceptors (Lipinski definition) is 3. The quantitative estimate of drug-likeness (QED) is 0.761. The summed E-state index contributed by atoms with van der Waals surface area (Å²) in [6, 6.07) is 0.616. The lowest BCUT2D eigenvalue weighted by atomic mass is 10.4. The van der Waals surface area contributed by atoms with Gasteiger partial charge in [-0.05, 0) is 12.8 Å². The van der Waals surface area contributed by atoms with Crippen molar-refractivity contribution in [2.45, 2.75) is 38.1 Å². The molecule has 0 aliphatic heterocycles. The Balaban J connectivity index is 1.63. The van der Waals surface area contributed by atoms with Crippen LogP contribution in [-0.4, -0.2) is 35.0 Å². The van der Waals surface area contributed by atoms with Gasteiger partial charge in [-0.2, -0.15) is 13.2 Å². The van der Waals surface area contributed by atoms with Crippen LogP contribution in [0.15, 0.2) is 12.5 Å². The fourth-order valence-corrected chi connectivity index (χ4v) is 1.51. The summed E-state index contributed by atoms with van der Waals surface area (Å²) in [4.78, 5) is 4.17. The van der Waals surface area contributed by atoms with E-state index in [1.54, 1.807) is 10.9 Å². The molecule has 0 unspecified atom stereocenters. The zero-order valence-corrected chi connectivity index (χ0v) is 9.91. The van der Waals surface area contributed by atoms with Gasteiger partial charge in [0.05, 0.1) is 18.6 Å². The molecule has 1 aliphatic carbocycles. The maximum atomic E-state index is 11.8. The number of alkyl halides is 3. The van der Waals surface area contributed by atoms with Crippen LogP contribution in [0, 0.1) is 0 Å². The van der Waals surface area contributed by atoms with E-state index in [-0.39, 0.29) is 6.61 Å². The number of ether oxygens (including phenoxy) is 1. The number of nitrogens with zero attached hydrogens (tertiary/aromatic N) is 2. The molecule has 1 aromatic heterocycles. The highest BCUT2D eigenvalue weighted by Gasteiger charge is 2.27. The van der Waals surface area contributed by atoms with Gasteiger partial charge < -0.3 is 14.6 Å². The molecule has 18 heavy (non-hydrogen) atoms. The van der Waals surface area contributed by atoms with E-state index in [1.807, 2.05) is 6.20 Å². The summed E-state index contributed by atoms with van der Waals surface area (Å²) in [6.07, 6.45) is 1.61. The highest BCUT2D eigenvalue weighted by atomic mass is 19.4. The Labute approximate surface area is 103 Å². The first kappa shape index (κ1) is 13.4. The molecule has 0 atom stereocenters. The largest absolute Gasteiger partial charge is 0.411 e. The Kier molecular flexibility index (Phi) is 4.23. The first-order valence-corrected chi connectivity index (χ1v) is 5.91. The van der Waals surface area contributed by atoms with Crippen molar-refractivity contribution in [3.8, 4) is 0 Å². The van der Waals surface area contributed by atoms with Gasteiger partial charge in [0.15, 0.2) is 0 Å². The molecule has 0 spiro atoms. The second-order valence-corrected chi connectivity index (χ2v) is 4.43. The lowest BCUT2D eigenvalue weighted by molar-refractivity contribution is -0.174. The minimum Gasteiger partial charge on any atom is -0.370 e. The fraction of sp³-hybridized carbons (Fsp3) is 0.727. The molecule has 0 amide bonds. The van der Waals surface area contributed by atoms with Gasteiger partial charge in [0, 0.05) is 25.3 Å². The number of imidazole rings is 1. The van der Waals surface area contributed by atoms with E-state index in [2.05, 4.69) is 15.0 Å². The molecule has 1 N–H and O–H groups in total. The Bertz CT molecular complexity index is 374. The molecule has 1 heterocycles. The van der Waals surface area contributed by atoms with Crippen LogP contribution < -0.4 is 5.32 Å². The highest BCUT2D eigenvalue weighted by molar-refractivity contribution is 4.97. The number of hydrogen-bond donors (Lipinski definition) is 1. The van der Waals surface area contributed by atoms with Crippen molar-refractivity contribution in [2.24, 2.45) is 0 Å². The second kappa shape index (κ2) is 5.71. The van der Waals surface area contributed by atoms with Gasteiger partial charge in [0.1, 0.15) is 6.61 Å². The average molecular weight is 263 g/mol. The summed E-state index contributed by atoms with van der Waals surface area (Å²) in [7, 11) is 0. The van der Waals surface area contributed by atoms with Crippen molar-refractivity contribution in [1.29, 1.82) is 0 Å². The summed E-state index contributed by atoms with van der Waals surface area (Å²) in [5, 5.41) is 3.32. The Morgan fingerprint density at radius 1 is 1.44 bits per heavy atom. The highest BCUT2D eigenvalue weighted by Crippen LogP contribution is 2.19. The van der Waals surface area contributed by atoms with Crippen LogP contribution in [0.5, 0.6) is 0 Å². The smallest absolute Gasteiger partial charge is 0.370 e. The zero-order valence-electron chi connectivity index (χ0n) is 9.91. The van der Waals surface area contributed by atoms with E-state index >= 15 is 0 Å². The number of nitrogens with one attached hydrogen (secondary N) is 1. The standard InChI is InChI=1S/C11H16F3N3O/c12-11(13,14)7-18-4-3-17-6-10(16-8-17)5-15-9-1-2-9/h6,8-9,15H,1-5,7H2. The third-order valence-electron chi connectivity index (χ3n) is 2.60. The van der Waals surface area contributed by atoms with Gasteiger partial charge in [-0.3, -0.25) is 0 Å². The number of aromatic nitrogens is 2. The Hall–Kier alpha value is -1.08. The molecule has 102 valence electrons. The summed E-state index contributed by atoms with van der Waals surface area (Å²) in [6.45, 7) is -0.0727. The van der Waals surface area contributed by atoms with Crippen LogP contribution in [0.3, 0.4) is 0 Å². The maximum Gasteiger partial charge on any atom is 0.411 e. The van der Waals surface area contributed by atoms with Crippen LogP contribution >= 0.6 is 0 Å². The summed E-state index contributed by atoms with van der Waals surface area (Å²) >= 11 is 0. The first-order chi connectivity index (χ1) is 8.53. The fourth-order valence-electron chi connectivity index (χ4n) is 1.51. The van der Waals surface area contributed by atoms with Crippen LogP contribution in [0.1, 0.15) is 18.5 Å². The molecule has 0 bridgehead atoms. The third-order valence-corrected chi connectivity index (χ3v) is 2.60.